The van der Waals surface area contributed by atoms with Gasteiger partial charge in [-0.15, -0.1) is 0 Å². The highest BCUT2D eigenvalue weighted by molar-refractivity contribution is 8.18. The first kappa shape index (κ1) is 19.6. The second-order valence-corrected chi connectivity index (χ2v) is 7.01. The van der Waals surface area contributed by atoms with E-state index in [0.717, 1.165) is 17.3 Å². The monoisotopic (exact) mass is 397 g/mol. The van der Waals surface area contributed by atoms with E-state index >= 15 is 0 Å². The van der Waals surface area contributed by atoms with Crippen LogP contribution >= 0.6 is 11.8 Å². The minimum Gasteiger partial charge on any atom is -0.507 e. The Morgan fingerprint density at radius 3 is 2.57 bits per heavy atom. The van der Waals surface area contributed by atoms with Gasteiger partial charge in [0.15, 0.2) is 0 Å². The van der Waals surface area contributed by atoms with Crippen LogP contribution in [-0.4, -0.2) is 35.4 Å². The summed E-state index contributed by atoms with van der Waals surface area (Å²) in [7, 11) is 2.77. The van der Waals surface area contributed by atoms with Crippen LogP contribution in [0.2, 0.25) is 0 Å². The lowest BCUT2D eigenvalue weighted by molar-refractivity contribution is -0.135. The number of phenolic OH excluding ortho intramolecular Hbond substituents is 1. The number of hydrogen-bond donors (Lipinski definition) is 2. The number of aliphatic hydroxyl groups excluding tert-OH is 1. The second-order valence-electron chi connectivity index (χ2n) is 5.98. The number of carbonyl (C=O) groups is 1. The predicted molar refractivity (Wildman–Crippen MR) is 110 cm³/mol. The lowest BCUT2D eigenvalue weighted by Crippen LogP contribution is -2.10. The van der Waals surface area contributed by atoms with Gasteiger partial charge in [0.25, 0.3) is 0 Å². The normalized spacial score (nSPS) is 16.7. The summed E-state index contributed by atoms with van der Waals surface area (Å²) < 4.78 is 10.1. The Morgan fingerprint density at radius 1 is 1.14 bits per heavy atom. The van der Waals surface area contributed by atoms with Gasteiger partial charge in [0.1, 0.15) is 33.6 Å². The number of aromatic hydroxyl groups is 1. The molecule has 0 fully saturated rings. The Kier molecular flexibility index (Phi) is 5.75. The molecular formula is C21H19NO5S. The molecule has 0 unspecified atom stereocenters. The van der Waals surface area contributed by atoms with Crippen LogP contribution in [0, 0.1) is 6.92 Å². The number of thioether (sulfide) groups is 1. The van der Waals surface area contributed by atoms with Crippen molar-refractivity contribution in [1.82, 2.24) is 0 Å². The summed E-state index contributed by atoms with van der Waals surface area (Å²) in [5, 5.41) is 21.1. The maximum atomic E-state index is 12.2. The van der Waals surface area contributed by atoms with Gasteiger partial charge >= 0.3 is 5.97 Å². The Bertz CT molecular complexity index is 1020. The molecule has 2 aromatic carbocycles. The molecule has 0 bridgehead atoms. The van der Waals surface area contributed by atoms with Crippen LogP contribution in [0.1, 0.15) is 11.1 Å². The van der Waals surface area contributed by atoms with Gasteiger partial charge in [-0.1, -0.05) is 36.0 Å². The number of aliphatic hydroxyl groups is 1. The fourth-order valence-electron chi connectivity index (χ4n) is 2.64. The highest BCUT2D eigenvalue weighted by Crippen LogP contribution is 2.42. The van der Waals surface area contributed by atoms with Gasteiger partial charge < -0.3 is 19.7 Å². The number of rotatable bonds is 4. The van der Waals surface area contributed by atoms with Crippen molar-refractivity contribution >= 4 is 34.5 Å². The molecule has 7 heteroatoms. The Morgan fingerprint density at radius 2 is 1.89 bits per heavy atom. The van der Waals surface area contributed by atoms with Crippen LogP contribution in [0.25, 0.3) is 6.08 Å². The van der Waals surface area contributed by atoms with Crippen LogP contribution in [0.5, 0.6) is 11.5 Å². The van der Waals surface area contributed by atoms with Crippen molar-refractivity contribution in [2.24, 2.45) is 4.99 Å². The summed E-state index contributed by atoms with van der Waals surface area (Å²) in [6.45, 7) is 1.87. The molecule has 144 valence electrons. The van der Waals surface area contributed by atoms with Crippen LogP contribution < -0.4 is 4.74 Å². The lowest BCUT2D eigenvalue weighted by atomic mass is 10.1. The summed E-state index contributed by atoms with van der Waals surface area (Å²) in [5.74, 6) is -0.329. The first-order valence-corrected chi connectivity index (χ1v) is 9.19. The SMILES string of the molecule is COC(=O)C1=C(O)C(=Cc2ccc(C)cc2O)SC1=Nc1ccccc1OC. The molecule has 0 aliphatic carbocycles. The summed E-state index contributed by atoms with van der Waals surface area (Å²) in [4.78, 5) is 17.1. The maximum absolute atomic E-state index is 12.2. The van der Waals surface area contributed by atoms with Crippen LogP contribution in [0.3, 0.4) is 0 Å². The highest BCUT2D eigenvalue weighted by atomic mass is 32.2. The van der Waals surface area contributed by atoms with E-state index in [1.165, 1.54) is 14.2 Å². The smallest absolute Gasteiger partial charge is 0.344 e. The number of para-hydroxylation sites is 2. The molecule has 0 saturated carbocycles. The van der Waals surface area contributed by atoms with E-state index < -0.39 is 5.97 Å². The number of aliphatic imine (C=N–C) groups is 1. The van der Waals surface area contributed by atoms with E-state index in [2.05, 4.69) is 4.99 Å². The molecular weight excluding hydrogens is 378 g/mol. The molecule has 28 heavy (non-hydrogen) atoms. The molecule has 0 atom stereocenters. The number of phenols is 1. The predicted octanol–water partition coefficient (Wildman–Crippen LogP) is 4.51. The van der Waals surface area contributed by atoms with Crippen LogP contribution in [0.4, 0.5) is 5.69 Å². The van der Waals surface area contributed by atoms with E-state index in [9.17, 15) is 15.0 Å². The van der Waals surface area contributed by atoms with Crippen molar-refractivity contribution in [3.63, 3.8) is 0 Å². The van der Waals surface area contributed by atoms with Crippen molar-refractivity contribution in [1.29, 1.82) is 0 Å². The van der Waals surface area contributed by atoms with Gasteiger partial charge in [-0.25, -0.2) is 9.79 Å². The lowest BCUT2D eigenvalue weighted by Gasteiger charge is -2.05. The highest BCUT2D eigenvalue weighted by Gasteiger charge is 2.33. The average Bonchev–Trinajstić information content (AvgIpc) is 2.99. The topological polar surface area (TPSA) is 88.4 Å². The van der Waals surface area contributed by atoms with E-state index in [1.54, 1.807) is 36.4 Å². The molecule has 0 aromatic heterocycles. The van der Waals surface area contributed by atoms with Crippen molar-refractivity contribution in [3.05, 3.63) is 69.8 Å². The molecule has 1 heterocycles. The summed E-state index contributed by atoms with van der Waals surface area (Å²) in [5.41, 5.74) is 1.91. The van der Waals surface area contributed by atoms with Crippen molar-refractivity contribution in [2.75, 3.05) is 14.2 Å². The molecule has 2 N–H and O–H groups in total. The summed E-state index contributed by atoms with van der Waals surface area (Å²) in [6.07, 6.45) is 1.60. The number of esters is 1. The van der Waals surface area contributed by atoms with Gasteiger partial charge in [-0.3, -0.25) is 0 Å². The zero-order valence-electron chi connectivity index (χ0n) is 15.6. The van der Waals surface area contributed by atoms with Crippen molar-refractivity contribution in [2.45, 2.75) is 6.92 Å². The van der Waals surface area contributed by atoms with E-state index in [-0.39, 0.29) is 22.1 Å². The van der Waals surface area contributed by atoms with Crippen molar-refractivity contribution < 1.29 is 24.5 Å². The van der Waals surface area contributed by atoms with E-state index in [0.29, 0.717) is 21.9 Å². The summed E-state index contributed by atoms with van der Waals surface area (Å²) in [6, 6.07) is 12.3. The number of methoxy groups -OCH3 is 2. The van der Waals surface area contributed by atoms with Gasteiger partial charge in [-0.05, 0) is 36.8 Å². The molecule has 6 nitrogen and oxygen atoms in total. The minimum atomic E-state index is -0.699. The molecule has 0 spiro atoms. The number of carbonyl (C=O) groups excluding carboxylic acids is 1. The van der Waals surface area contributed by atoms with Gasteiger partial charge in [0.2, 0.25) is 0 Å². The molecule has 2 aromatic rings. The fraction of sp³-hybridized carbons (Fsp3) is 0.143. The third kappa shape index (κ3) is 3.89. The van der Waals surface area contributed by atoms with Crippen LogP contribution in [-0.2, 0) is 9.53 Å². The minimum absolute atomic E-state index is 0.0312. The quantitative estimate of drug-likeness (QED) is 0.738. The largest absolute Gasteiger partial charge is 0.507 e. The Labute approximate surface area is 166 Å². The standard InChI is InChI=1S/C21H19NO5S/c1-12-8-9-13(15(23)10-12)11-17-19(24)18(21(25)27-3)20(28-17)22-14-6-4-5-7-16(14)26-2/h4-11,23-24H,1-3H3. The Balaban J connectivity index is 2.09. The second kappa shape index (κ2) is 8.22. The fourth-order valence-corrected chi connectivity index (χ4v) is 3.66. The van der Waals surface area contributed by atoms with Gasteiger partial charge in [0.05, 0.1) is 19.1 Å². The Hall–Kier alpha value is -3.19. The number of aryl methyl sites for hydroxylation is 1. The van der Waals surface area contributed by atoms with Crippen molar-refractivity contribution in [3.8, 4) is 11.5 Å². The molecule has 0 radical (unpaired) electrons. The van der Waals surface area contributed by atoms with E-state index in [4.69, 9.17) is 9.47 Å². The average molecular weight is 397 g/mol. The zero-order valence-corrected chi connectivity index (χ0v) is 16.4. The third-order valence-electron chi connectivity index (χ3n) is 4.06. The molecule has 1 aliphatic heterocycles. The number of ether oxygens (including phenoxy) is 2. The summed E-state index contributed by atoms with van der Waals surface area (Å²) >= 11 is 1.11. The molecule has 3 rings (SSSR count). The molecule has 1 aliphatic rings. The van der Waals surface area contributed by atoms with E-state index in [1.807, 2.05) is 19.1 Å². The maximum Gasteiger partial charge on any atom is 0.344 e. The molecule has 0 saturated heterocycles. The van der Waals surface area contributed by atoms with Crippen LogP contribution in [0.15, 0.2) is 63.7 Å². The molecule has 0 amide bonds. The first-order valence-electron chi connectivity index (χ1n) is 8.37. The number of hydrogen-bond acceptors (Lipinski definition) is 7. The van der Waals surface area contributed by atoms with Gasteiger partial charge in [-0.2, -0.15) is 0 Å². The first-order chi connectivity index (χ1) is 13.4. The number of nitrogens with zero attached hydrogens (tertiary/aromatic N) is 1. The van der Waals surface area contributed by atoms with Gasteiger partial charge in [0, 0.05) is 5.56 Å². The number of benzene rings is 2. The third-order valence-corrected chi connectivity index (χ3v) is 5.08. The zero-order chi connectivity index (χ0) is 20.3.